The predicted molar refractivity (Wildman–Crippen MR) is 67.5 cm³/mol. The zero-order valence-corrected chi connectivity index (χ0v) is 9.55. The van der Waals surface area contributed by atoms with Crippen LogP contribution in [0.25, 0.3) is 5.69 Å². The van der Waals surface area contributed by atoms with E-state index in [2.05, 4.69) is 0 Å². The van der Waals surface area contributed by atoms with E-state index in [4.69, 9.17) is 5.73 Å². The molecule has 3 N–H and O–H groups in total. The fraction of sp³-hybridized carbons (Fsp3) is 0.154. The third-order valence-corrected chi connectivity index (χ3v) is 2.64. The van der Waals surface area contributed by atoms with Gasteiger partial charge in [-0.25, -0.2) is 0 Å². The number of rotatable bonds is 2. The largest absolute Gasteiger partial charge is 0.508 e. The lowest BCUT2D eigenvalue weighted by atomic mass is 10.2. The van der Waals surface area contributed by atoms with Crippen LogP contribution in [-0.2, 0) is 6.42 Å². The van der Waals surface area contributed by atoms with Crippen molar-refractivity contribution in [2.75, 3.05) is 5.73 Å². The average molecular weight is 230 g/mol. The van der Waals surface area contributed by atoms with Crippen molar-refractivity contribution in [1.82, 2.24) is 4.57 Å². The van der Waals surface area contributed by atoms with Crippen LogP contribution in [-0.4, -0.2) is 9.67 Å². The Labute approximate surface area is 98.9 Å². The number of nitrogens with two attached hydrogens (primary N) is 1. The molecule has 1 aromatic carbocycles. The summed E-state index contributed by atoms with van der Waals surface area (Å²) >= 11 is 0. The monoisotopic (exact) mass is 230 g/mol. The van der Waals surface area contributed by atoms with Crippen molar-refractivity contribution in [3.63, 3.8) is 0 Å². The number of phenolic OH excluding ortho intramolecular Hbond substituents is 1. The summed E-state index contributed by atoms with van der Waals surface area (Å²) in [6.07, 6.45) is 0.713. The molecule has 0 unspecified atom stereocenters. The molecule has 17 heavy (non-hydrogen) atoms. The zero-order chi connectivity index (χ0) is 12.4. The van der Waals surface area contributed by atoms with E-state index in [-0.39, 0.29) is 17.0 Å². The van der Waals surface area contributed by atoms with Crippen molar-refractivity contribution in [3.05, 3.63) is 52.4 Å². The molecule has 0 spiro atoms. The minimum Gasteiger partial charge on any atom is -0.508 e. The number of pyridine rings is 1. The van der Waals surface area contributed by atoms with Crippen molar-refractivity contribution < 1.29 is 5.11 Å². The Morgan fingerprint density at radius 3 is 2.71 bits per heavy atom. The van der Waals surface area contributed by atoms with Gasteiger partial charge in [0.05, 0.1) is 11.4 Å². The first-order chi connectivity index (χ1) is 8.13. The molecule has 0 amide bonds. The van der Waals surface area contributed by atoms with E-state index < -0.39 is 0 Å². The smallest absolute Gasteiger partial charge is 0.278 e. The lowest BCUT2D eigenvalue weighted by Gasteiger charge is -2.12. The topological polar surface area (TPSA) is 68.2 Å². The first-order valence-electron chi connectivity index (χ1n) is 5.43. The number of benzene rings is 1. The molecule has 2 aromatic rings. The highest BCUT2D eigenvalue weighted by Gasteiger charge is 2.07. The molecule has 4 heteroatoms. The van der Waals surface area contributed by atoms with E-state index in [0.717, 1.165) is 5.69 Å². The predicted octanol–water partition coefficient (Wildman–Crippen LogP) is 1.69. The third kappa shape index (κ3) is 2.01. The van der Waals surface area contributed by atoms with Gasteiger partial charge in [0.25, 0.3) is 5.56 Å². The number of nitrogen functional groups attached to an aromatic ring is 1. The zero-order valence-electron chi connectivity index (χ0n) is 9.55. The second-order valence-electron chi connectivity index (χ2n) is 3.79. The number of anilines is 1. The summed E-state index contributed by atoms with van der Waals surface area (Å²) in [4.78, 5) is 12.0. The number of aromatic hydroxyl groups is 1. The Balaban J connectivity index is 2.74. The van der Waals surface area contributed by atoms with Gasteiger partial charge in [-0.05, 0) is 30.7 Å². The van der Waals surface area contributed by atoms with Gasteiger partial charge in [-0.3, -0.25) is 9.36 Å². The molecular weight excluding hydrogens is 216 g/mol. The van der Waals surface area contributed by atoms with E-state index in [9.17, 15) is 9.90 Å². The van der Waals surface area contributed by atoms with E-state index in [1.807, 2.05) is 13.0 Å². The highest BCUT2D eigenvalue weighted by atomic mass is 16.3. The van der Waals surface area contributed by atoms with Crippen LogP contribution in [0.1, 0.15) is 12.6 Å². The Bertz CT molecular complexity index is 603. The molecule has 0 saturated heterocycles. The van der Waals surface area contributed by atoms with Gasteiger partial charge in [-0.2, -0.15) is 0 Å². The van der Waals surface area contributed by atoms with Gasteiger partial charge in [0.1, 0.15) is 5.75 Å². The van der Waals surface area contributed by atoms with Gasteiger partial charge in [0.2, 0.25) is 0 Å². The molecule has 0 radical (unpaired) electrons. The summed E-state index contributed by atoms with van der Waals surface area (Å²) in [5, 5.41) is 9.45. The van der Waals surface area contributed by atoms with Crippen molar-refractivity contribution in [3.8, 4) is 11.4 Å². The highest BCUT2D eigenvalue weighted by molar-refractivity contribution is 5.45. The molecule has 1 aromatic heterocycles. The summed E-state index contributed by atoms with van der Waals surface area (Å²) in [5.41, 5.74) is 7.05. The number of aromatic nitrogens is 1. The number of hydrogen-bond donors (Lipinski definition) is 2. The lowest BCUT2D eigenvalue weighted by molar-refractivity contribution is 0.475. The van der Waals surface area contributed by atoms with Gasteiger partial charge in [0, 0.05) is 11.8 Å². The van der Waals surface area contributed by atoms with Gasteiger partial charge in [-0.15, -0.1) is 0 Å². The summed E-state index contributed by atoms with van der Waals surface area (Å²) in [5.74, 6) is 0.124. The van der Waals surface area contributed by atoms with Gasteiger partial charge < -0.3 is 10.8 Å². The third-order valence-electron chi connectivity index (χ3n) is 2.64. The molecule has 88 valence electrons. The molecule has 0 bridgehead atoms. The first kappa shape index (κ1) is 11.3. The van der Waals surface area contributed by atoms with Crippen LogP contribution in [0.5, 0.6) is 5.75 Å². The summed E-state index contributed by atoms with van der Waals surface area (Å²) in [6.45, 7) is 1.96. The number of phenols is 1. The van der Waals surface area contributed by atoms with E-state index in [1.54, 1.807) is 30.3 Å². The molecule has 0 aliphatic rings. The highest BCUT2D eigenvalue weighted by Crippen LogP contribution is 2.16. The summed E-state index contributed by atoms with van der Waals surface area (Å²) in [6, 6.07) is 9.99. The van der Waals surface area contributed by atoms with E-state index in [0.29, 0.717) is 12.1 Å². The standard InChI is InChI=1S/C13H14N2O2/c1-2-9-6-7-12(14)13(17)15(9)10-4-3-5-11(16)8-10/h3-8,16H,2,14H2,1H3. The first-order valence-corrected chi connectivity index (χ1v) is 5.43. The van der Waals surface area contributed by atoms with Crippen LogP contribution in [0.2, 0.25) is 0 Å². The molecular formula is C13H14N2O2. The fourth-order valence-electron chi connectivity index (χ4n) is 1.78. The maximum Gasteiger partial charge on any atom is 0.278 e. The van der Waals surface area contributed by atoms with E-state index >= 15 is 0 Å². The molecule has 4 nitrogen and oxygen atoms in total. The summed E-state index contributed by atoms with van der Waals surface area (Å²) in [7, 11) is 0. The van der Waals surface area contributed by atoms with Crippen LogP contribution in [0.15, 0.2) is 41.2 Å². The lowest BCUT2D eigenvalue weighted by Crippen LogP contribution is -2.23. The van der Waals surface area contributed by atoms with Crippen molar-refractivity contribution in [2.45, 2.75) is 13.3 Å². The molecule has 0 fully saturated rings. The second kappa shape index (κ2) is 4.33. The Kier molecular flexibility index (Phi) is 2.87. The molecule has 0 aliphatic carbocycles. The fourth-order valence-corrected chi connectivity index (χ4v) is 1.78. The minimum atomic E-state index is -0.255. The van der Waals surface area contributed by atoms with Crippen LogP contribution < -0.4 is 11.3 Å². The average Bonchev–Trinajstić information content (AvgIpc) is 2.32. The Morgan fingerprint density at radius 2 is 2.06 bits per heavy atom. The van der Waals surface area contributed by atoms with Crippen molar-refractivity contribution in [1.29, 1.82) is 0 Å². The summed E-state index contributed by atoms with van der Waals surface area (Å²) < 4.78 is 1.52. The molecule has 0 atom stereocenters. The van der Waals surface area contributed by atoms with Crippen LogP contribution in [0.4, 0.5) is 5.69 Å². The molecule has 0 aliphatic heterocycles. The number of hydrogen-bond acceptors (Lipinski definition) is 3. The minimum absolute atomic E-state index is 0.124. The van der Waals surface area contributed by atoms with Crippen molar-refractivity contribution in [2.24, 2.45) is 0 Å². The maximum atomic E-state index is 12.0. The second-order valence-corrected chi connectivity index (χ2v) is 3.79. The molecule has 0 saturated carbocycles. The maximum absolute atomic E-state index is 12.0. The quantitative estimate of drug-likeness (QED) is 0.824. The van der Waals surface area contributed by atoms with Gasteiger partial charge >= 0.3 is 0 Å². The number of aryl methyl sites for hydroxylation is 1. The van der Waals surface area contributed by atoms with Gasteiger partial charge in [-0.1, -0.05) is 13.0 Å². The Morgan fingerprint density at radius 1 is 1.29 bits per heavy atom. The normalized spacial score (nSPS) is 10.4. The van der Waals surface area contributed by atoms with Crippen LogP contribution in [0, 0.1) is 0 Å². The molecule has 1 heterocycles. The number of nitrogens with zero attached hydrogens (tertiary/aromatic N) is 1. The van der Waals surface area contributed by atoms with Crippen LogP contribution >= 0.6 is 0 Å². The van der Waals surface area contributed by atoms with Gasteiger partial charge in [0.15, 0.2) is 0 Å². The SMILES string of the molecule is CCc1ccc(N)c(=O)n1-c1cccc(O)c1. The Hall–Kier alpha value is -2.23. The van der Waals surface area contributed by atoms with E-state index in [1.165, 1.54) is 4.57 Å². The van der Waals surface area contributed by atoms with Crippen LogP contribution in [0.3, 0.4) is 0 Å². The van der Waals surface area contributed by atoms with Crippen molar-refractivity contribution >= 4 is 5.69 Å². The molecule has 2 rings (SSSR count).